The summed E-state index contributed by atoms with van der Waals surface area (Å²) in [6.45, 7) is 6.98. The van der Waals surface area contributed by atoms with Crippen LogP contribution in [0.2, 0.25) is 0 Å². The van der Waals surface area contributed by atoms with Gasteiger partial charge in [-0.15, -0.1) is 0 Å². The Morgan fingerprint density at radius 2 is 1.96 bits per heavy atom. The van der Waals surface area contributed by atoms with E-state index < -0.39 is 29.7 Å². The molecular formula is C19H25N3O5. The summed E-state index contributed by atoms with van der Waals surface area (Å²) in [5.41, 5.74) is 0.275. The van der Waals surface area contributed by atoms with Gasteiger partial charge in [0, 0.05) is 18.7 Å². The molecule has 1 aromatic rings. The molecule has 27 heavy (non-hydrogen) atoms. The van der Waals surface area contributed by atoms with Gasteiger partial charge in [-0.25, -0.2) is 4.79 Å². The van der Waals surface area contributed by atoms with Gasteiger partial charge >= 0.3 is 12.1 Å². The van der Waals surface area contributed by atoms with Crippen molar-refractivity contribution in [2.75, 3.05) is 11.9 Å². The number of nitriles is 1. The third kappa shape index (κ3) is 9.26. The number of nitrogens with one attached hydrogen (secondary N) is 2. The van der Waals surface area contributed by atoms with E-state index >= 15 is 0 Å². The molecule has 1 atom stereocenters. The lowest BCUT2D eigenvalue weighted by Crippen LogP contribution is -2.33. The van der Waals surface area contributed by atoms with Gasteiger partial charge in [0.15, 0.2) is 6.10 Å². The van der Waals surface area contributed by atoms with Crippen LogP contribution in [-0.2, 0) is 19.1 Å². The van der Waals surface area contributed by atoms with E-state index in [0.29, 0.717) is 17.7 Å². The maximum Gasteiger partial charge on any atom is 0.407 e. The predicted octanol–water partition coefficient (Wildman–Crippen LogP) is 2.73. The number of hydrogen-bond acceptors (Lipinski definition) is 6. The molecule has 0 fully saturated rings. The number of esters is 1. The number of anilines is 1. The minimum absolute atomic E-state index is 0.0529. The van der Waals surface area contributed by atoms with Gasteiger partial charge in [0.1, 0.15) is 5.60 Å². The number of hydrogen-bond donors (Lipinski definition) is 2. The van der Waals surface area contributed by atoms with Crippen molar-refractivity contribution in [2.24, 2.45) is 0 Å². The van der Waals surface area contributed by atoms with Gasteiger partial charge in [-0.2, -0.15) is 5.26 Å². The van der Waals surface area contributed by atoms with Crippen molar-refractivity contribution in [1.29, 1.82) is 5.26 Å². The maximum atomic E-state index is 12.1. The van der Waals surface area contributed by atoms with E-state index in [9.17, 15) is 14.4 Å². The number of carbonyl (C=O) groups is 3. The molecule has 0 aliphatic heterocycles. The van der Waals surface area contributed by atoms with Crippen LogP contribution in [-0.4, -0.2) is 36.2 Å². The zero-order chi connectivity index (χ0) is 20.4. The molecule has 8 nitrogen and oxygen atoms in total. The average molecular weight is 375 g/mol. The SMILES string of the molecule is C[C@H](OC(=O)CCCNC(=O)OC(C)(C)C)C(=O)Nc1cccc(C#N)c1. The Morgan fingerprint density at radius 3 is 2.59 bits per heavy atom. The van der Waals surface area contributed by atoms with Crippen LogP contribution in [0.15, 0.2) is 24.3 Å². The van der Waals surface area contributed by atoms with Gasteiger partial charge in [0.2, 0.25) is 0 Å². The first-order valence-corrected chi connectivity index (χ1v) is 8.58. The number of alkyl carbamates (subject to hydrolysis) is 1. The molecule has 0 spiro atoms. The highest BCUT2D eigenvalue weighted by molar-refractivity contribution is 5.95. The van der Waals surface area contributed by atoms with E-state index in [-0.39, 0.29) is 13.0 Å². The second-order valence-electron chi connectivity index (χ2n) is 6.85. The van der Waals surface area contributed by atoms with Crippen LogP contribution >= 0.6 is 0 Å². The van der Waals surface area contributed by atoms with Gasteiger partial charge in [-0.05, 0) is 52.3 Å². The van der Waals surface area contributed by atoms with Crippen molar-refractivity contribution >= 4 is 23.7 Å². The summed E-state index contributed by atoms with van der Waals surface area (Å²) in [4.78, 5) is 35.3. The van der Waals surface area contributed by atoms with E-state index in [1.165, 1.54) is 13.0 Å². The third-order valence-electron chi connectivity index (χ3n) is 3.16. The summed E-state index contributed by atoms with van der Waals surface area (Å²) in [7, 11) is 0. The Morgan fingerprint density at radius 1 is 1.26 bits per heavy atom. The lowest BCUT2D eigenvalue weighted by Gasteiger charge is -2.19. The molecule has 0 aromatic heterocycles. The van der Waals surface area contributed by atoms with E-state index in [0.717, 1.165) is 0 Å². The molecule has 2 amide bonds. The lowest BCUT2D eigenvalue weighted by molar-refractivity contribution is -0.153. The highest BCUT2D eigenvalue weighted by atomic mass is 16.6. The molecular weight excluding hydrogens is 350 g/mol. The summed E-state index contributed by atoms with van der Waals surface area (Å²) in [6, 6.07) is 8.39. The summed E-state index contributed by atoms with van der Waals surface area (Å²) >= 11 is 0. The first-order valence-electron chi connectivity index (χ1n) is 8.58. The monoisotopic (exact) mass is 375 g/mol. The summed E-state index contributed by atoms with van der Waals surface area (Å²) in [5, 5.41) is 14.0. The Balaban J connectivity index is 2.32. The predicted molar refractivity (Wildman–Crippen MR) is 98.8 cm³/mol. The number of amides is 2. The maximum absolute atomic E-state index is 12.1. The van der Waals surface area contributed by atoms with Crippen molar-refractivity contribution < 1.29 is 23.9 Å². The number of benzene rings is 1. The molecule has 0 radical (unpaired) electrons. The van der Waals surface area contributed by atoms with Crippen LogP contribution in [0.5, 0.6) is 0 Å². The molecule has 0 saturated carbocycles. The minimum Gasteiger partial charge on any atom is -0.453 e. The van der Waals surface area contributed by atoms with Gasteiger partial charge in [-0.1, -0.05) is 6.07 Å². The summed E-state index contributed by atoms with van der Waals surface area (Å²) < 4.78 is 10.1. The first kappa shape index (κ1) is 22.0. The molecule has 8 heteroatoms. The van der Waals surface area contributed by atoms with E-state index in [1.807, 2.05) is 6.07 Å². The summed E-state index contributed by atoms with van der Waals surface area (Å²) in [6.07, 6.45) is -1.13. The van der Waals surface area contributed by atoms with E-state index in [2.05, 4.69) is 10.6 Å². The zero-order valence-corrected chi connectivity index (χ0v) is 16.0. The standard InChI is InChI=1S/C19H25N3O5/c1-13(17(24)22-15-8-5-7-14(11-15)12-20)26-16(23)9-6-10-21-18(25)27-19(2,3)4/h5,7-8,11,13H,6,9-10H2,1-4H3,(H,21,25)(H,22,24)/t13-/m0/s1. The average Bonchev–Trinajstić information content (AvgIpc) is 2.57. The Hall–Kier alpha value is -3.08. The van der Waals surface area contributed by atoms with Crippen LogP contribution < -0.4 is 10.6 Å². The van der Waals surface area contributed by atoms with Gasteiger partial charge in [0.25, 0.3) is 5.91 Å². The van der Waals surface area contributed by atoms with Crippen molar-refractivity contribution in [3.05, 3.63) is 29.8 Å². The van der Waals surface area contributed by atoms with Gasteiger partial charge in [0.05, 0.1) is 11.6 Å². The van der Waals surface area contributed by atoms with Crippen molar-refractivity contribution in [1.82, 2.24) is 5.32 Å². The fraction of sp³-hybridized carbons (Fsp3) is 0.474. The first-order chi connectivity index (χ1) is 12.6. The third-order valence-corrected chi connectivity index (χ3v) is 3.16. The van der Waals surface area contributed by atoms with Crippen LogP contribution in [0, 0.1) is 11.3 Å². The number of ether oxygens (including phenoxy) is 2. The molecule has 0 unspecified atom stereocenters. The molecule has 1 aromatic carbocycles. The zero-order valence-electron chi connectivity index (χ0n) is 16.0. The molecule has 0 bridgehead atoms. The Bertz CT molecular complexity index is 719. The second-order valence-corrected chi connectivity index (χ2v) is 6.85. The highest BCUT2D eigenvalue weighted by Gasteiger charge is 2.18. The normalized spacial score (nSPS) is 11.7. The molecule has 0 aliphatic carbocycles. The lowest BCUT2D eigenvalue weighted by atomic mass is 10.2. The highest BCUT2D eigenvalue weighted by Crippen LogP contribution is 2.11. The van der Waals surface area contributed by atoms with Crippen LogP contribution in [0.3, 0.4) is 0 Å². The minimum atomic E-state index is -0.984. The Kier molecular flexibility index (Phi) is 8.27. The van der Waals surface area contributed by atoms with E-state index in [4.69, 9.17) is 14.7 Å². The van der Waals surface area contributed by atoms with Gasteiger partial charge < -0.3 is 20.1 Å². The van der Waals surface area contributed by atoms with Crippen LogP contribution in [0.25, 0.3) is 0 Å². The smallest absolute Gasteiger partial charge is 0.407 e. The molecule has 146 valence electrons. The van der Waals surface area contributed by atoms with Crippen LogP contribution in [0.4, 0.5) is 10.5 Å². The number of rotatable bonds is 7. The van der Waals surface area contributed by atoms with Crippen molar-refractivity contribution in [2.45, 2.75) is 52.2 Å². The topological polar surface area (TPSA) is 118 Å². The molecule has 1 rings (SSSR count). The fourth-order valence-corrected chi connectivity index (χ4v) is 1.96. The Labute approximate surface area is 158 Å². The van der Waals surface area contributed by atoms with Gasteiger partial charge in [-0.3, -0.25) is 9.59 Å². The van der Waals surface area contributed by atoms with E-state index in [1.54, 1.807) is 39.0 Å². The largest absolute Gasteiger partial charge is 0.453 e. The quantitative estimate of drug-likeness (QED) is 0.559. The molecule has 0 aliphatic rings. The number of carbonyl (C=O) groups excluding carboxylic acids is 3. The number of nitrogens with zero attached hydrogens (tertiary/aromatic N) is 1. The van der Waals surface area contributed by atoms with Crippen LogP contribution in [0.1, 0.15) is 46.1 Å². The van der Waals surface area contributed by atoms with Crippen molar-refractivity contribution in [3.63, 3.8) is 0 Å². The molecule has 2 N–H and O–H groups in total. The second kappa shape index (κ2) is 10.2. The fourth-order valence-electron chi connectivity index (χ4n) is 1.96. The van der Waals surface area contributed by atoms with Crippen molar-refractivity contribution in [3.8, 4) is 6.07 Å². The molecule has 0 heterocycles. The summed E-state index contributed by atoms with van der Waals surface area (Å²) in [5.74, 6) is -1.04. The molecule has 0 saturated heterocycles.